The van der Waals surface area contributed by atoms with Crippen LogP contribution in [0.15, 0.2) is 42.0 Å². The zero-order valence-corrected chi connectivity index (χ0v) is 19.3. The second kappa shape index (κ2) is 10.1. The van der Waals surface area contributed by atoms with Gasteiger partial charge in [0.25, 0.3) is 0 Å². The molecule has 0 aromatic heterocycles. The molecular formula is C25H25F6NO4. The lowest BCUT2D eigenvalue weighted by atomic mass is 9.85. The fraction of sp³-hybridized carbons (Fsp3) is 0.400. The van der Waals surface area contributed by atoms with E-state index in [1.165, 1.54) is 5.57 Å². The molecule has 1 heterocycles. The van der Waals surface area contributed by atoms with Crippen LogP contribution < -0.4 is 4.74 Å². The van der Waals surface area contributed by atoms with Crippen molar-refractivity contribution in [2.75, 3.05) is 19.6 Å². The predicted molar refractivity (Wildman–Crippen MR) is 119 cm³/mol. The number of carboxylic acid groups (broad SMARTS) is 1. The molecule has 3 N–H and O–H groups in total. The van der Waals surface area contributed by atoms with Gasteiger partial charge in [-0.3, -0.25) is 9.69 Å². The van der Waals surface area contributed by atoms with E-state index in [0.717, 1.165) is 29.2 Å². The number of fused-ring (bicyclic) bond motifs is 1. The van der Waals surface area contributed by atoms with Gasteiger partial charge in [0.15, 0.2) is 0 Å². The van der Waals surface area contributed by atoms with E-state index in [9.17, 15) is 31.1 Å². The smallest absolute Gasteiger partial charge is 0.416 e. The van der Waals surface area contributed by atoms with E-state index in [2.05, 4.69) is 4.90 Å². The molecule has 0 atom stereocenters. The minimum absolute atomic E-state index is 0. The van der Waals surface area contributed by atoms with Gasteiger partial charge in [-0.05, 0) is 60.7 Å². The van der Waals surface area contributed by atoms with Gasteiger partial charge >= 0.3 is 18.3 Å². The normalized spacial score (nSPS) is 16.8. The Balaban J connectivity index is 0.00000361. The number of benzene rings is 2. The number of rotatable bonds is 6. The molecular weight excluding hydrogens is 492 g/mol. The maximum absolute atomic E-state index is 13.4. The lowest BCUT2D eigenvalue weighted by Gasteiger charge is -2.38. The molecule has 196 valence electrons. The first kappa shape index (κ1) is 27.5. The van der Waals surface area contributed by atoms with Crippen LogP contribution in [-0.2, 0) is 30.2 Å². The predicted octanol–water partition coefficient (Wildman–Crippen LogP) is 5.21. The van der Waals surface area contributed by atoms with Crippen LogP contribution in [0.25, 0.3) is 5.57 Å². The fourth-order valence-corrected chi connectivity index (χ4v) is 4.52. The van der Waals surface area contributed by atoms with Gasteiger partial charge in [-0.15, -0.1) is 0 Å². The summed E-state index contributed by atoms with van der Waals surface area (Å²) in [4.78, 5) is 13.1. The number of ether oxygens (including phenoxy) is 1. The summed E-state index contributed by atoms with van der Waals surface area (Å²) in [6, 6.07) is 6.73. The molecule has 2 aromatic rings. The zero-order chi connectivity index (χ0) is 25.5. The summed E-state index contributed by atoms with van der Waals surface area (Å²) in [5.41, 5.74) is 1.16. The summed E-state index contributed by atoms with van der Waals surface area (Å²) < 4.78 is 84.3. The van der Waals surface area contributed by atoms with Gasteiger partial charge in [0.2, 0.25) is 0 Å². The van der Waals surface area contributed by atoms with Crippen molar-refractivity contribution in [3.8, 4) is 5.75 Å². The lowest BCUT2D eigenvalue weighted by molar-refractivity contribution is -0.147. The topological polar surface area (TPSA) is 81.3 Å². The summed E-state index contributed by atoms with van der Waals surface area (Å²) in [5.74, 6) is -0.777. The number of allylic oxidation sites excluding steroid dienone is 1. The summed E-state index contributed by atoms with van der Waals surface area (Å²) in [5, 5.41) is 9.03. The third kappa shape index (κ3) is 5.84. The largest absolute Gasteiger partial charge is 0.489 e. The van der Waals surface area contributed by atoms with Gasteiger partial charge in [0.1, 0.15) is 12.4 Å². The van der Waals surface area contributed by atoms with E-state index in [1.807, 2.05) is 13.0 Å². The molecule has 1 aliphatic heterocycles. The number of aryl methyl sites for hydroxylation is 1. The Morgan fingerprint density at radius 3 is 2.33 bits per heavy atom. The first-order chi connectivity index (χ1) is 16.3. The van der Waals surface area contributed by atoms with Crippen molar-refractivity contribution in [3.63, 3.8) is 0 Å². The first-order valence-electron chi connectivity index (χ1n) is 11.0. The average molecular weight is 517 g/mol. The van der Waals surface area contributed by atoms with Gasteiger partial charge < -0.3 is 15.3 Å². The lowest BCUT2D eigenvalue weighted by Crippen LogP contribution is -2.50. The van der Waals surface area contributed by atoms with Gasteiger partial charge in [0.05, 0.1) is 17.0 Å². The van der Waals surface area contributed by atoms with Gasteiger partial charge in [-0.2, -0.15) is 26.3 Å². The molecule has 2 aromatic carbocycles. The first-order valence-corrected chi connectivity index (χ1v) is 11.0. The Bertz CT molecular complexity index is 1170. The van der Waals surface area contributed by atoms with Crippen LogP contribution >= 0.6 is 0 Å². The van der Waals surface area contributed by atoms with Crippen molar-refractivity contribution in [2.24, 2.45) is 5.92 Å². The molecule has 0 radical (unpaired) electrons. The Hall–Kier alpha value is -3.05. The van der Waals surface area contributed by atoms with E-state index < -0.39 is 36.1 Å². The molecule has 0 bridgehead atoms. The number of carboxylic acids is 1. The summed E-state index contributed by atoms with van der Waals surface area (Å²) in [7, 11) is 0. The minimum Gasteiger partial charge on any atom is -0.489 e. The van der Waals surface area contributed by atoms with Crippen LogP contribution in [0.4, 0.5) is 26.3 Å². The standard InChI is InChI=1S/C25H23F6NO3.H2O/c1-14-16(10-32-11-18(12-32)23(33)34)3-2-15-8-20(6-7-21(14)15)35-13-17-4-5-19(24(26,27)28)9-22(17)25(29,30)31;/h4-9,18H,2-3,10-13H2,1H3,(H,33,34);1H2. The van der Waals surface area contributed by atoms with Gasteiger partial charge in [-0.1, -0.05) is 17.7 Å². The number of likely N-dealkylation sites (tertiary alicyclic amines) is 1. The third-order valence-electron chi connectivity index (χ3n) is 6.56. The molecule has 1 saturated heterocycles. The molecule has 0 amide bonds. The summed E-state index contributed by atoms with van der Waals surface area (Å²) >= 11 is 0. The second-order valence-corrected chi connectivity index (χ2v) is 8.93. The molecule has 2 aliphatic rings. The Labute approximate surface area is 203 Å². The van der Waals surface area contributed by atoms with Crippen molar-refractivity contribution in [2.45, 2.75) is 38.7 Å². The van der Waals surface area contributed by atoms with Gasteiger partial charge in [-0.25, -0.2) is 0 Å². The van der Waals surface area contributed by atoms with Crippen molar-refractivity contribution in [1.29, 1.82) is 0 Å². The Morgan fingerprint density at radius 1 is 1.03 bits per heavy atom. The van der Waals surface area contributed by atoms with Crippen LogP contribution in [0.3, 0.4) is 0 Å². The second-order valence-electron chi connectivity index (χ2n) is 8.93. The Kier molecular flexibility index (Phi) is 7.75. The molecule has 11 heteroatoms. The van der Waals surface area contributed by atoms with E-state index in [1.54, 1.807) is 12.1 Å². The van der Waals surface area contributed by atoms with Crippen molar-refractivity contribution < 1.29 is 46.5 Å². The van der Waals surface area contributed by atoms with Crippen LogP contribution in [0.1, 0.15) is 41.2 Å². The molecule has 36 heavy (non-hydrogen) atoms. The Morgan fingerprint density at radius 2 is 1.72 bits per heavy atom. The number of carbonyl (C=O) groups is 1. The zero-order valence-electron chi connectivity index (χ0n) is 19.3. The number of aliphatic carboxylic acids is 1. The summed E-state index contributed by atoms with van der Waals surface area (Å²) in [6.07, 6.45) is -8.36. The molecule has 1 fully saturated rings. The average Bonchev–Trinajstić information content (AvgIpc) is 2.74. The number of halogens is 6. The van der Waals surface area contributed by atoms with Crippen LogP contribution in [0, 0.1) is 5.92 Å². The SMILES string of the molecule is CC1=C(CN2CC(C(=O)O)C2)CCc2cc(OCc3ccc(C(F)(F)F)cc3C(F)(F)F)ccc21.O. The maximum Gasteiger partial charge on any atom is 0.416 e. The monoisotopic (exact) mass is 517 g/mol. The number of alkyl halides is 6. The molecule has 4 rings (SSSR count). The molecule has 1 aliphatic carbocycles. The van der Waals surface area contributed by atoms with E-state index in [4.69, 9.17) is 9.84 Å². The highest BCUT2D eigenvalue weighted by Gasteiger charge is 2.38. The van der Waals surface area contributed by atoms with Crippen molar-refractivity contribution in [1.82, 2.24) is 4.90 Å². The maximum atomic E-state index is 13.4. The highest BCUT2D eigenvalue weighted by atomic mass is 19.4. The highest BCUT2D eigenvalue weighted by Crippen LogP contribution is 2.38. The van der Waals surface area contributed by atoms with Gasteiger partial charge in [0, 0.05) is 25.2 Å². The number of hydrogen-bond acceptors (Lipinski definition) is 3. The van der Waals surface area contributed by atoms with E-state index in [-0.39, 0.29) is 23.0 Å². The quantitative estimate of drug-likeness (QED) is 0.534. The molecule has 0 spiro atoms. The summed E-state index contributed by atoms with van der Waals surface area (Å²) in [6.45, 7) is 3.21. The highest BCUT2D eigenvalue weighted by molar-refractivity contribution is 5.73. The minimum atomic E-state index is -4.95. The fourth-order valence-electron chi connectivity index (χ4n) is 4.52. The van der Waals surface area contributed by atoms with Crippen LogP contribution in [0.5, 0.6) is 5.75 Å². The third-order valence-corrected chi connectivity index (χ3v) is 6.56. The number of nitrogens with zero attached hydrogens (tertiary/aromatic N) is 1. The van der Waals surface area contributed by atoms with Crippen molar-refractivity contribution >= 4 is 11.5 Å². The van der Waals surface area contributed by atoms with E-state index >= 15 is 0 Å². The van der Waals surface area contributed by atoms with Crippen molar-refractivity contribution in [3.05, 3.63) is 69.8 Å². The molecule has 0 saturated carbocycles. The molecule has 0 unspecified atom stereocenters. The molecule has 5 nitrogen and oxygen atoms in total. The van der Waals surface area contributed by atoms with E-state index in [0.29, 0.717) is 37.9 Å². The van der Waals surface area contributed by atoms with Crippen LogP contribution in [-0.4, -0.2) is 41.1 Å². The van der Waals surface area contributed by atoms with Crippen LogP contribution in [0.2, 0.25) is 0 Å². The number of hydrogen-bond donors (Lipinski definition) is 1.